The van der Waals surface area contributed by atoms with Crippen LogP contribution in [0, 0.1) is 14.9 Å². The van der Waals surface area contributed by atoms with Gasteiger partial charge >= 0.3 is 5.97 Å². The first-order chi connectivity index (χ1) is 6.99. The molecule has 0 unspecified atom stereocenters. The molecule has 1 N–H and O–H groups in total. The Balaban J connectivity index is 3.48. The van der Waals surface area contributed by atoms with Crippen molar-refractivity contribution in [3.8, 4) is 6.07 Å². The highest BCUT2D eigenvalue weighted by molar-refractivity contribution is 14.1. The van der Waals surface area contributed by atoms with Crippen LogP contribution in [-0.2, 0) is 0 Å². The summed E-state index contributed by atoms with van der Waals surface area (Å²) < 4.78 is 24.6. The van der Waals surface area contributed by atoms with Gasteiger partial charge in [-0.1, -0.05) is 0 Å². The van der Waals surface area contributed by atoms with Crippen molar-refractivity contribution in [3.63, 3.8) is 0 Å². The lowest BCUT2D eigenvalue weighted by Gasteiger charge is -2.05. The third-order valence-corrected chi connectivity index (χ3v) is 2.69. The maximum Gasteiger partial charge on any atom is 0.338 e. The molecule has 7 heteroatoms. The molecule has 0 atom stereocenters. The van der Waals surface area contributed by atoms with Crippen molar-refractivity contribution in [2.24, 2.45) is 0 Å². The largest absolute Gasteiger partial charge is 0.478 e. The zero-order chi connectivity index (χ0) is 11.6. The second-order valence-corrected chi connectivity index (χ2v) is 3.54. The van der Waals surface area contributed by atoms with E-state index in [1.165, 1.54) is 22.6 Å². The van der Waals surface area contributed by atoms with Gasteiger partial charge in [0.2, 0.25) is 0 Å². The lowest BCUT2D eigenvalue weighted by Crippen LogP contribution is -2.07. The molecule has 15 heavy (non-hydrogen) atoms. The minimum absolute atomic E-state index is 0.120. The number of hydrogen-bond donors (Lipinski definition) is 1. The Hall–Kier alpha value is -1.30. The monoisotopic (exact) mass is 324 g/mol. The van der Waals surface area contributed by atoms with E-state index in [-0.39, 0.29) is 14.7 Å². The van der Waals surface area contributed by atoms with Crippen molar-refractivity contribution in [1.29, 1.82) is 5.26 Å². The number of carboxylic acid groups (broad SMARTS) is 1. The van der Waals surface area contributed by atoms with Gasteiger partial charge in [-0.25, -0.2) is 13.6 Å². The highest BCUT2D eigenvalue weighted by Gasteiger charge is 2.21. The minimum atomic E-state index is -2.83. The first-order valence-electron chi connectivity index (χ1n) is 3.59. The summed E-state index contributed by atoms with van der Waals surface area (Å²) in [4.78, 5) is 14.0. The van der Waals surface area contributed by atoms with Crippen molar-refractivity contribution in [2.75, 3.05) is 0 Å². The first kappa shape index (κ1) is 11.8. The minimum Gasteiger partial charge on any atom is -0.478 e. The van der Waals surface area contributed by atoms with Crippen molar-refractivity contribution in [3.05, 3.63) is 26.6 Å². The lowest BCUT2D eigenvalue weighted by atomic mass is 10.1. The zero-order valence-electron chi connectivity index (χ0n) is 7.04. The fourth-order valence-electron chi connectivity index (χ4n) is 0.925. The third kappa shape index (κ3) is 2.20. The molecular formula is C8H3F2IN2O2. The van der Waals surface area contributed by atoms with E-state index < -0.39 is 18.1 Å². The predicted molar refractivity (Wildman–Crippen MR) is 53.6 cm³/mol. The number of hydrogen-bond acceptors (Lipinski definition) is 3. The fourth-order valence-corrected chi connectivity index (χ4v) is 1.71. The number of carbonyl (C=O) groups is 1. The standard InChI is InChI=1S/C8H3F2IN2O2/c9-7(10)6-5(11)3(1-12)4(2-13-6)8(14)15/h2,7H,(H,14,15). The molecule has 0 fully saturated rings. The number of rotatable bonds is 2. The smallest absolute Gasteiger partial charge is 0.338 e. The van der Waals surface area contributed by atoms with E-state index in [2.05, 4.69) is 4.98 Å². The van der Waals surface area contributed by atoms with Gasteiger partial charge in [-0.3, -0.25) is 4.98 Å². The third-order valence-electron chi connectivity index (χ3n) is 1.60. The highest BCUT2D eigenvalue weighted by atomic mass is 127. The molecule has 0 aliphatic carbocycles. The molecule has 0 amide bonds. The highest BCUT2D eigenvalue weighted by Crippen LogP contribution is 2.26. The van der Waals surface area contributed by atoms with E-state index in [9.17, 15) is 13.6 Å². The Morgan fingerprint density at radius 2 is 2.27 bits per heavy atom. The van der Waals surface area contributed by atoms with Crippen LogP contribution in [-0.4, -0.2) is 16.1 Å². The number of halogens is 3. The summed E-state index contributed by atoms with van der Waals surface area (Å²) in [6.07, 6.45) is -2.06. The Morgan fingerprint density at radius 1 is 1.67 bits per heavy atom. The Kier molecular flexibility index (Phi) is 3.52. The molecule has 0 aliphatic rings. The van der Waals surface area contributed by atoms with E-state index in [4.69, 9.17) is 10.4 Å². The van der Waals surface area contributed by atoms with Gasteiger partial charge in [-0.15, -0.1) is 0 Å². The summed E-state index contributed by atoms with van der Waals surface area (Å²) in [5.41, 5.74) is -1.23. The molecule has 1 heterocycles. The molecular weight excluding hydrogens is 321 g/mol. The number of pyridine rings is 1. The quantitative estimate of drug-likeness (QED) is 0.847. The number of nitriles is 1. The number of aromatic carboxylic acids is 1. The molecule has 0 bridgehead atoms. The van der Waals surface area contributed by atoms with Crippen LogP contribution < -0.4 is 0 Å². The van der Waals surface area contributed by atoms with E-state index in [0.29, 0.717) is 0 Å². The summed E-state index contributed by atoms with van der Waals surface area (Å²) in [7, 11) is 0. The summed E-state index contributed by atoms with van der Waals surface area (Å²) in [6.45, 7) is 0. The van der Waals surface area contributed by atoms with Gasteiger partial charge in [-0.05, 0) is 22.6 Å². The molecule has 0 saturated heterocycles. The molecule has 0 saturated carbocycles. The average molecular weight is 324 g/mol. The van der Waals surface area contributed by atoms with Crippen LogP contribution in [0.3, 0.4) is 0 Å². The number of carboxylic acids is 1. The van der Waals surface area contributed by atoms with E-state index in [0.717, 1.165) is 6.20 Å². The number of aromatic nitrogens is 1. The zero-order valence-corrected chi connectivity index (χ0v) is 9.20. The van der Waals surface area contributed by atoms with Crippen LogP contribution in [0.5, 0.6) is 0 Å². The van der Waals surface area contributed by atoms with Gasteiger partial charge in [0.25, 0.3) is 6.43 Å². The molecule has 0 spiro atoms. The maximum atomic E-state index is 12.4. The van der Waals surface area contributed by atoms with Gasteiger partial charge in [0.1, 0.15) is 11.8 Å². The van der Waals surface area contributed by atoms with Crippen molar-refractivity contribution >= 4 is 28.6 Å². The van der Waals surface area contributed by atoms with Crippen molar-refractivity contribution < 1.29 is 18.7 Å². The van der Waals surface area contributed by atoms with Gasteiger partial charge in [0.05, 0.1) is 14.7 Å². The van der Waals surface area contributed by atoms with Crippen LogP contribution in [0.25, 0.3) is 0 Å². The topological polar surface area (TPSA) is 74.0 Å². The van der Waals surface area contributed by atoms with E-state index in [1.807, 2.05) is 0 Å². The van der Waals surface area contributed by atoms with Crippen LogP contribution in [0.15, 0.2) is 6.20 Å². The Morgan fingerprint density at radius 3 is 2.67 bits per heavy atom. The van der Waals surface area contributed by atoms with Crippen LogP contribution in [0.2, 0.25) is 0 Å². The second-order valence-electron chi connectivity index (χ2n) is 2.46. The predicted octanol–water partition coefficient (Wildman–Crippen LogP) is 2.19. The van der Waals surface area contributed by atoms with Crippen LogP contribution in [0.1, 0.15) is 28.0 Å². The Bertz CT molecular complexity index is 457. The summed E-state index contributed by atoms with van der Waals surface area (Å²) in [5, 5.41) is 17.3. The van der Waals surface area contributed by atoms with Gasteiger partial charge in [0.15, 0.2) is 0 Å². The van der Waals surface area contributed by atoms with Gasteiger partial charge < -0.3 is 5.11 Å². The summed E-state index contributed by atoms with van der Waals surface area (Å²) in [5.74, 6) is -1.36. The molecule has 0 radical (unpaired) electrons. The van der Waals surface area contributed by atoms with Gasteiger partial charge in [0, 0.05) is 6.20 Å². The fraction of sp³-hybridized carbons (Fsp3) is 0.125. The molecule has 0 aliphatic heterocycles. The first-order valence-corrected chi connectivity index (χ1v) is 4.66. The SMILES string of the molecule is N#Cc1c(C(=O)O)cnc(C(F)F)c1I. The summed E-state index contributed by atoms with van der Waals surface area (Å²) in [6, 6.07) is 1.58. The van der Waals surface area contributed by atoms with Crippen LogP contribution >= 0.6 is 22.6 Å². The molecule has 4 nitrogen and oxygen atoms in total. The van der Waals surface area contributed by atoms with Crippen molar-refractivity contribution in [1.82, 2.24) is 4.98 Å². The average Bonchev–Trinajstić information content (AvgIpc) is 2.16. The normalized spacial score (nSPS) is 10.1. The molecule has 1 aromatic heterocycles. The number of nitrogens with zero attached hydrogens (tertiary/aromatic N) is 2. The molecule has 78 valence electrons. The molecule has 0 aromatic carbocycles. The second kappa shape index (κ2) is 4.48. The molecule has 1 rings (SSSR count). The maximum absolute atomic E-state index is 12.4. The Labute approximate surface area is 96.7 Å². The summed E-state index contributed by atoms with van der Waals surface area (Å²) >= 11 is 1.49. The number of alkyl halides is 2. The lowest BCUT2D eigenvalue weighted by molar-refractivity contribution is 0.0695. The van der Waals surface area contributed by atoms with E-state index in [1.54, 1.807) is 6.07 Å². The molecule has 1 aromatic rings. The van der Waals surface area contributed by atoms with Gasteiger partial charge in [-0.2, -0.15) is 5.26 Å². The van der Waals surface area contributed by atoms with Crippen molar-refractivity contribution in [2.45, 2.75) is 6.43 Å². The van der Waals surface area contributed by atoms with E-state index >= 15 is 0 Å². The van der Waals surface area contributed by atoms with Crippen LogP contribution in [0.4, 0.5) is 8.78 Å².